The molecule has 0 spiro atoms. The smallest absolute Gasteiger partial charge is 0.407 e. The number of rotatable bonds is 4. The Morgan fingerprint density at radius 1 is 1.58 bits per heavy atom. The molecule has 5 heteroatoms. The molecule has 0 bridgehead atoms. The third kappa shape index (κ3) is 4.54. The Bertz CT molecular complexity index is 169. The number of hydrogen-bond donors (Lipinski definition) is 2. The lowest BCUT2D eigenvalue weighted by Crippen LogP contribution is -2.31. The quantitative estimate of drug-likeness (QED) is 0.650. The van der Waals surface area contributed by atoms with Crippen molar-refractivity contribution in [2.45, 2.75) is 13.8 Å². The normalized spacial score (nSPS) is 11.8. The third-order valence-corrected chi connectivity index (χ3v) is 1.25. The first-order valence-corrected chi connectivity index (χ1v) is 3.71. The molecule has 0 unspecified atom stereocenters. The van der Waals surface area contributed by atoms with Crippen LogP contribution in [-0.4, -0.2) is 30.3 Å². The second-order valence-corrected chi connectivity index (χ2v) is 2.34. The van der Waals surface area contributed by atoms with Crippen molar-refractivity contribution < 1.29 is 19.4 Å². The number of ether oxygens (including phenoxy) is 1. The lowest BCUT2D eigenvalue weighted by atomic mass is 10.2. The third-order valence-electron chi connectivity index (χ3n) is 1.25. The van der Waals surface area contributed by atoms with Gasteiger partial charge < -0.3 is 15.2 Å². The van der Waals surface area contributed by atoms with Crippen LogP contribution in [0.1, 0.15) is 13.8 Å². The van der Waals surface area contributed by atoms with Crippen molar-refractivity contribution in [3.05, 3.63) is 0 Å². The summed E-state index contributed by atoms with van der Waals surface area (Å²) in [4.78, 5) is 20.9. The molecule has 1 atom stereocenters. The molecule has 0 heterocycles. The van der Waals surface area contributed by atoms with Crippen molar-refractivity contribution in [3.63, 3.8) is 0 Å². The van der Waals surface area contributed by atoms with Crippen LogP contribution < -0.4 is 5.32 Å². The fourth-order valence-electron chi connectivity index (χ4n) is 0.506. The van der Waals surface area contributed by atoms with E-state index in [0.29, 0.717) is 0 Å². The number of alkyl carbamates (subject to hydrolysis) is 1. The van der Waals surface area contributed by atoms with Crippen molar-refractivity contribution in [1.82, 2.24) is 5.32 Å². The van der Waals surface area contributed by atoms with E-state index in [4.69, 9.17) is 5.11 Å². The minimum Gasteiger partial charge on any atom is -0.481 e. The molecule has 1 amide bonds. The van der Waals surface area contributed by atoms with Crippen LogP contribution in [0.2, 0.25) is 0 Å². The standard InChI is InChI=1S/C7H13NO4/c1-3-12-7(11)8-4-5(2)6(9)10/h5H,3-4H2,1-2H3,(H,8,11)(H,9,10)/t5-/m1/s1. The maximum atomic E-state index is 10.6. The zero-order valence-electron chi connectivity index (χ0n) is 7.16. The maximum absolute atomic E-state index is 10.6. The van der Waals surface area contributed by atoms with Gasteiger partial charge in [-0.25, -0.2) is 4.79 Å². The number of hydrogen-bond acceptors (Lipinski definition) is 3. The van der Waals surface area contributed by atoms with Gasteiger partial charge in [0.25, 0.3) is 0 Å². The highest BCUT2D eigenvalue weighted by Crippen LogP contribution is 1.91. The Labute approximate surface area is 70.7 Å². The molecule has 0 rings (SSSR count). The number of carbonyl (C=O) groups is 2. The zero-order chi connectivity index (χ0) is 9.56. The van der Waals surface area contributed by atoms with Gasteiger partial charge in [0.2, 0.25) is 0 Å². The Balaban J connectivity index is 3.54. The Kier molecular flexibility index (Phi) is 4.83. The van der Waals surface area contributed by atoms with Crippen LogP contribution in [0.5, 0.6) is 0 Å². The Morgan fingerprint density at radius 3 is 2.58 bits per heavy atom. The van der Waals surface area contributed by atoms with Gasteiger partial charge in [-0.3, -0.25) is 4.79 Å². The zero-order valence-corrected chi connectivity index (χ0v) is 7.16. The molecule has 2 N–H and O–H groups in total. The summed E-state index contributed by atoms with van der Waals surface area (Å²) >= 11 is 0. The number of carboxylic acid groups (broad SMARTS) is 1. The molecule has 0 fully saturated rings. The molecule has 12 heavy (non-hydrogen) atoms. The summed E-state index contributed by atoms with van der Waals surface area (Å²) in [6.07, 6.45) is -0.578. The van der Waals surface area contributed by atoms with E-state index >= 15 is 0 Å². The average Bonchev–Trinajstić information content (AvgIpc) is 2.00. The topological polar surface area (TPSA) is 75.6 Å². The molecule has 0 aromatic rings. The first kappa shape index (κ1) is 10.7. The van der Waals surface area contributed by atoms with E-state index in [9.17, 15) is 9.59 Å². The van der Waals surface area contributed by atoms with E-state index in [-0.39, 0.29) is 13.2 Å². The second kappa shape index (κ2) is 5.40. The molecule has 0 saturated heterocycles. The lowest BCUT2D eigenvalue weighted by molar-refractivity contribution is -0.140. The van der Waals surface area contributed by atoms with Crippen LogP contribution in [0.3, 0.4) is 0 Å². The Hall–Kier alpha value is -1.26. The number of carbonyl (C=O) groups excluding carboxylic acids is 1. The molecule has 0 radical (unpaired) electrons. The minimum absolute atomic E-state index is 0.0914. The molecule has 0 aromatic carbocycles. The second-order valence-electron chi connectivity index (χ2n) is 2.34. The van der Waals surface area contributed by atoms with E-state index in [2.05, 4.69) is 10.1 Å². The largest absolute Gasteiger partial charge is 0.481 e. The molecular formula is C7H13NO4. The van der Waals surface area contributed by atoms with Gasteiger partial charge >= 0.3 is 12.1 Å². The van der Waals surface area contributed by atoms with Gasteiger partial charge in [0.05, 0.1) is 12.5 Å². The predicted octanol–water partition coefficient (Wildman–Crippen LogP) is 0.453. The summed E-state index contributed by atoms with van der Waals surface area (Å²) in [6, 6.07) is 0. The number of amides is 1. The summed E-state index contributed by atoms with van der Waals surface area (Å²) in [5, 5.41) is 10.8. The summed E-state index contributed by atoms with van der Waals surface area (Å²) in [5.74, 6) is -1.53. The highest BCUT2D eigenvalue weighted by Gasteiger charge is 2.11. The van der Waals surface area contributed by atoms with E-state index in [1.54, 1.807) is 6.92 Å². The predicted molar refractivity (Wildman–Crippen MR) is 41.8 cm³/mol. The summed E-state index contributed by atoms with van der Waals surface area (Å²) in [6.45, 7) is 3.57. The summed E-state index contributed by atoms with van der Waals surface area (Å²) in [5.41, 5.74) is 0. The van der Waals surface area contributed by atoms with Gasteiger partial charge in [-0.1, -0.05) is 6.92 Å². The van der Waals surface area contributed by atoms with Crippen LogP contribution in [0.25, 0.3) is 0 Å². The molecule has 0 aromatic heterocycles. The molecule has 70 valence electrons. The molecule has 5 nitrogen and oxygen atoms in total. The molecule has 0 saturated carbocycles. The van der Waals surface area contributed by atoms with Crippen LogP contribution in [0.4, 0.5) is 4.79 Å². The van der Waals surface area contributed by atoms with Crippen molar-refractivity contribution >= 4 is 12.1 Å². The number of aliphatic carboxylic acids is 1. The molecular weight excluding hydrogens is 162 g/mol. The van der Waals surface area contributed by atoms with Gasteiger partial charge in [0.15, 0.2) is 0 Å². The minimum atomic E-state index is -0.938. The van der Waals surface area contributed by atoms with Crippen molar-refractivity contribution in [2.75, 3.05) is 13.2 Å². The van der Waals surface area contributed by atoms with Crippen LogP contribution in [0.15, 0.2) is 0 Å². The lowest BCUT2D eigenvalue weighted by Gasteiger charge is -2.07. The van der Waals surface area contributed by atoms with E-state index in [1.807, 2.05) is 0 Å². The van der Waals surface area contributed by atoms with E-state index in [0.717, 1.165) is 0 Å². The number of carboxylic acids is 1. The molecule has 0 aliphatic heterocycles. The van der Waals surface area contributed by atoms with Gasteiger partial charge in [-0.05, 0) is 6.92 Å². The van der Waals surface area contributed by atoms with Gasteiger partial charge in [0.1, 0.15) is 0 Å². The molecule has 0 aliphatic rings. The van der Waals surface area contributed by atoms with Crippen molar-refractivity contribution in [1.29, 1.82) is 0 Å². The first-order valence-electron chi connectivity index (χ1n) is 3.71. The highest BCUT2D eigenvalue weighted by molar-refractivity contribution is 5.72. The van der Waals surface area contributed by atoms with Crippen molar-refractivity contribution in [2.24, 2.45) is 5.92 Å². The maximum Gasteiger partial charge on any atom is 0.407 e. The summed E-state index contributed by atoms with van der Waals surface area (Å²) in [7, 11) is 0. The Morgan fingerprint density at radius 2 is 2.17 bits per heavy atom. The monoisotopic (exact) mass is 175 g/mol. The summed E-state index contributed by atoms with van der Waals surface area (Å²) < 4.78 is 4.53. The van der Waals surface area contributed by atoms with Crippen LogP contribution in [-0.2, 0) is 9.53 Å². The van der Waals surface area contributed by atoms with Crippen LogP contribution in [0, 0.1) is 5.92 Å². The average molecular weight is 175 g/mol. The molecule has 0 aliphatic carbocycles. The van der Waals surface area contributed by atoms with E-state index in [1.165, 1.54) is 6.92 Å². The first-order chi connectivity index (χ1) is 5.57. The van der Waals surface area contributed by atoms with Gasteiger partial charge in [0, 0.05) is 6.54 Å². The van der Waals surface area contributed by atoms with E-state index < -0.39 is 18.0 Å². The number of nitrogens with one attached hydrogen (secondary N) is 1. The van der Waals surface area contributed by atoms with Crippen LogP contribution >= 0.6 is 0 Å². The fourth-order valence-corrected chi connectivity index (χ4v) is 0.506. The fraction of sp³-hybridized carbons (Fsp3) is 0.714. The SMILES string of the molecule is CCOC(=O)NC[C@@H](C)C(=O)O. The highest BCUT2D eigenvalue weighted by atomic mass is 16.5. The van der Waals surface area contributed by atoms with Gasteiger partial charge in [-0.15, -0.1) is 0 Å². The van der Waals surface area contributed by atoms with Crippen molar-refractivity contribution in [3.8, 4) is 0 Å². The van der Waals surface area contributed by atoms with Gasteiger partial charge in [-0.2, -0.15) is 0 Å².